The summed E-state index contributed by atoms with van der Waals surface area (Å²) in [5, 5.41) is 6.64. The van der Waals surface area contributed by atoms with E-state index in [0.29, 0.717) is 0 Å². The van der Waals surface area contributed by atoms with Crippen LogP contribution in [0.25, 0.3) is 11.3 Å². The Balaban J connectivity index is 0.00000196. The quantitative estimate of drug-likeness (QED) is 0.392. The first kappa shape index (κ1) is 18.4. The Kier molecular flexibility index (Phi) is 6.21. The number of aromatic nitrogens is 1. The van der Waals surface area contributed by atoms with E-state index in [-0.39, 0.29) is 23.0 Å². The number of nitrogens with zero attached hydrogens (tertiary/aromatic N) is 1. The molecule has 3 aromatic carbocycles. The standard InChI is InChI=1S/C22H18N2S.BrH/c1-4-10-17(11-5-1)20-16-25-22(23-20)24-21(18-12-6-2-7-13-18)19-14-8-3-9-15-19;/h1-16,21H,(H,23,24);1H. The zero-order chi connectivity index (χ0) is 16.9. The van der Waals surface area contributed by atoms with E-state index in [4.69, 9.17) is 4.98 Å². The van der Waals surface area contributed by atoms with Gasteiger partial charge in [0, 0.05) is 10.9 Å². The molecule has 1 heterocycles. The minimum Gasteiger partial charge on any atom is -0.351 e. The van der Waals surface area contributed by atoms with Crippen molar-refractivity contribution in [3.8, 4) is 11.3 Å². The Morgan fingerprint density at radius 2 is 1.19 bits per heavy atom. The van der Waals surface area contributed by atoms with Crippen molar-refractivity contribution < 1.29 is 0 Å². The van der Waals surface area contributed by atoms with Crippen molar-refractivity contribution in [1.82, 2.24) is 4.98 Å². The smallest absolute Gasteiger partial charge is 0.183 e. The Bertz CT molecular complexity index is 885. The first-order valence-corrected chi connectivity index (χ1v) is 9.15. The van der Waals surface area contributed by atoms with Crippen LogP contribution in [-0.2, 0) is 0 Å². The predicted molar refractivity (Wildman–Crippen MR) is 116 cm³/mol. The van der Waals surface area contributed by atoms with Crippen LogP contribution < -0.4 is 5.32 Å². The molecule has 0 aliphatic carbocycles. The van der Waals surface area contributed by atoms with Crippen molar-refractivity contribution >= 4 is 33.4 Å². The summed E-state index contributed by atoms with van der Waals surface area (Å²) in [5.41, 5.74) is 4.60. The summed E-state index contributed by atoms with van der Waals surface area (Å²) >= 11 is 1.64. The molecule has 0 aliphatic rings. The Morgan fingerprint density at radius 1 is 0.692 bits per heavy atom. The van der Waals surface area contributed by atoms with Gasteiger partial charge in [0.2, 0.25) is 0 Å². The molecule has 4 aromatic rings. The van der Waals surface area contributed by atoms with Gasteiger partial charge < -0.3 is 5.32 Å². The third-order valence-electron chi connectivity index (χ3n) is 4.11. The third kappa shape index (κ3) is 4.21. The number of hydrogen-bond donors (Lipinski definition) is 1. The van der Waals surface area contributed by atoms with Gasteiger partial charge in [0.15, 0.2) is 5.13 Å². The van der Waals surface area contributed by atoms with Crippen molar-refractivity contribution in [2.75, 3.05) is 5.32 Å². The maximum Gasteiger partial charge on any atom is 0.183 e. The molecule has 4 rings (SSSR count). The number of hydrogen-bond acceptors (Lipinski definition) is 3. The number of benzene rings is 3. The Hall–Kier alpha value is -2.43. The molecule has 0 fully saturated rings. The van der Waals surface area contributed by atoms with E-state index >= 15 is 0 Å². The lowest BCUT2D eigenvalue weighted by atomic mass is 9.99. The van der Waals surface area contributed by atoms with Crippen LogP contribution in [0.5, 0.6) is 0 Å². The lowest BCUT2D eigenvalue weighted by Crippen LogP contribution is -2.12. The van der Waals surface area contributed by atoms with E-state index in [0.717, 1.165) is 16.4 Å². The molecule has 0 saturated heterocycles. The largest absolute Gasteiger partial charge is 0.351 e. The van der Waals surface area contributed by atoms with Gasteiger partial charge in [-0.25, -0.2) is 4.98 Å². The minimum absolute atomic E-state index is 0. The Labute approximate surface area is 168 Å². The molecule has 0 atom stereocenters. The molecule has 1 N–H and O–H groups in total. The van der Waals surface area contributed by atoms with Gasteiger partial charge in [-0.15, -0.1) is 28.3 Å². The van der Waals surface area contributed by atoms with Gasteiger partial charge >= 0.3 is 0 Å². The van der Waals surface area contributed by atoms with Gasteiger partial charge in [-0.2, -0.15) is 0 Å². The average Bonchev–Trinajstić information content (AvgIpc) is 3.17. The second kappa shape index (κ2) is 8.79. The van der Waals surface area contributed by atoms with Gasteiger partial charge in [-0.1, -0.05) is 91.0 Å². The number of thiazole rings is 1. The molecule has 0 unspecified atom stereocenters. The molecule has 0 bridgehead atoms. The van der Waals surface area contributed by atoms with E-state index < -0.39 is 0 Å². The summed E-state index contributed by atoms with van der Waals surface area (Å²) in [6, 6.07) is 31.3. The molecule has 4 heteroatoms. The van der Waals surface area contributed by atoms with Crippen LogP contribution in [0.2, 0.25) is 0 Å². The fourth-order valence-corrected chi connectivity index (χ4v) is 3.60. The van der Waals surface area contributed by atoms with Gasteiger partial charge in [-0.3, -0.25) is 0 Å². The summed E-state index contributed by atoms with van der Waals surface area (Å²) in [5.74, 6) is 0. The van der Waals surface area contributed by atoms with E-state index in [1.165, 1.54) is 11.1 Å². The normalized spacial score (nSPS) is 10.3. The van der Waals surface area contributed by atoms with Gasteiger partial charge in [-0.05, 0) is 11.1 Å². The molecular weight excluding hydrogens is 404 g/mol. The number of halogens is 1. The summed E-state index contributed by atoms with van der Waals surface area (Å²) in [7, 11) is 0. The zero-order valence-corrected chi connectivity index (χ0v) is 16.6. The fourth-order valence-electron chi connectivity index (χ4n) is 2.86. The van der Waals surface area contributed by atoms with Crippen LogP contribution in [0.3, 0.4) is 0 Å². The minimum atomic E-state index is 0. The molecule has 130 valence electrons. The highest BCUT2D eigenvalue weighted by Crippen LogP contribution is 2.30. The summed E-state index contributed by atoms with van der Waals surface area (Å²) in [6.07, 6.45) is 0. The van der Waals surface area contributed by atoms with Crippen molar-refractivity contribution in [2.45, 2.75) is 6.04 Å². The van der Waals surface area contributed by atoms with Crippen molar-refractivity contribution in [3.05, 3.63) is 108 Å². The number of rotatable bonds is 5. The highest BCUT2D eigenvalue weighted by molar-refractivity contribution is 8.93. The summed E-state index contributed by atoms with van der Waals surface area (Å²) in [4.78, 5) is 4.78. The Morgan fingerprint density at radius 3 is 1.73 bits per heavy atom. The third-order valence-corrected chi connectivity index (χ3v) is 4.88. The van der Waals surface area contributed by atoms with E-state index in [1.807, 2.05) is 30.3 Å². The lowest BCUT2D eigenvalue weighted by Gasteiger charge is -2.19. The topological polar surface area (TPSA) is 24.9 Å². The van der Waals surface area contributed by atoms with Crippen molar-refractivity contribution in [2.24, 2.45) is 0 Å². The van der Waals surface area contributed by atoms with Gasteiger partial charge in [0.1, 0.15) is 0 Å². The van der Waals surface area contributed by atoms with Crippen LogP contribution in [0.4, 0.5) is 5.13 Å². The van der Waals surface area contributed by atoms with Crippen LogP contribution in [0.15, 0.2) is 96.4 Å². The van der Waals surface area contributed by atoms with Gasteiger partial charge in [0.25, 0.3) is 0 Å². The van der Waals surface area contributed by atoms with Gasteiger partial charge in [0.05, 0.1) is 11.7 Å². The average molecular weight is 423 g/mol. The molecule has 0 saturated carbocycles. The maximum atomic E-state index is 4.78. The highest BCUT2D eigenvalue weighted by atomic mass is 79.9. The predicted octanol–water partition coefficient (Wildman–Crippen LogP) is 6.59. The van der Waals surface area contributed by atoms with E-state index in [1.54, 1.807) is 11.3 Å². The second-order valence-corrected chi connectivity index (χ2v) is 6.66. The highest BCUT2D eigenvalue weighted by Gasteiger charge is 2.15. The molecular formula is C22H19BrN2S. The molecule has 0 aliphatic heterocycles. The summed E-state index contributed by atoms with van der Waals surface area (Å²) in [6.45, 7) is 0. The van der Waals surface area contributed by atoms with Crippen LogP contribution in [0, 0.1) is 0 Å². The zero-order valence-electron chi connectivity index (χ0n) is 14.1. The van der Waals surface area contributed by atoms with Crippen LogP contribution in [0.1, 0.15) is 17.2 Å². The van der Waals surface area contributed by atoms with Crippen LogP contribution >= 0.6 is 28.3 Å². The second-order valence-electron chi connectivity index (χ2n) is 5.80. The number of nitrogens with one attached hydrogen (secondary N) is 1. The molecule has 2 nitrogen and oxygen atoms in total. The fraction of sp³-hybridized carbons (Fsp3) is 0.0455. The van der Waals surface area contributed by atoms with Crippen molar-refractivity contribution in [1.29, 1.82) is 0 Å². The first-order chi connectivity index (χ1) is 12.4. The maximum absolute atomic E-state index is 4.78. The van der Waals surface area contributed by atoms with E-state index in [9.17, 15) is 0 Å². The molecule has 0 radical (unpaired) electrons. The summed E-state index contributed by atoms with van der Waals surface area (Å²) < 4.78 is 0. The van der Waals surface area contributed by atoms with Crippen LogP contribution in [-0.4, -0.2) is 4.98 Å². The number of anilines is 1. The molecule has 26 heavy (non-hydrogen) atoms. The monoisotopic (exact) mass is 422 g/mol. The molecule has 1 aromatic heterocycles. The SMILES string of the molecule is Br.c1ccc(-c2csc(NC(c3ccccc3)c3ccccc3)n2)cc1. The first-order valence-electron chi connectivity index (χ1n) is 8.27. The van der Waals surface area contributed by atoms with Crippen molar-refractivity contribution in [3.63, 3.8) is 0 Å². The molecule has 0 spiro atoms. The lowest BCUT2D eigenvalue weighted by molar-refractivity contribution is 0.935. The molecule has 0 amide bonds. The van der Waals surface area contributed by atoms with E-state index in [2.05, 4.69) is 71.4 Å².